The maximum absolute atomic E-state index is 9.85. The van der Waals surface area contributed by atoms with E-state index in [9.17, 15) is 5.26 Å². The van der Waals surface area contributed by atoms with Crippen LogP contribution in [0.1, 0.15) is 54.3 Å². The second kappa shape index (κ2) is 9.68. The van der Waals surface area contributed by atoms with Crippen LogP contribution in [0.2, 0.25) is 0 Å². The van der Waals surface area contributed by atoms with Gasteiger partial charge in [0.25, 0.3) is 0 Å². The van der Waals surface area contributed by atoms with Crippen LogP contribution >= 0.6 is 11.3 Å². The standard InChI is InChI=1S/C31H30N2OS/c1-31(2,3)24-14-15-27-28(18-32)30(35-29(27)17-24)33-19-21-8-6-12-25(16-21)34-20-23-11-7-10-22-9-4-5-13-26(22)23/h4-13,16,19,24H,14-15,17,20H2,1-3H3/t24-/m1/s1. The van der Waals surface area contributed by atoms with Gasteiger partial charge >= 0.3 is 0 Å². The Hall–Kier alpha value is -3.42. The first-order valence-electron chi connectivity index (χ1n) is 12.2. The SMILES string of the molecule is CC(C)(C)[C@@H]1CCc2c(sc(N=Cc3cccc(OCc4cccc5ccccc45)c3)c2C#N)C1. The summed E-state index contributed by atoms with van der Waals surface area (Å²) in [5, 5.41) is 13.1. The maximum Gasteiger partial charge on any atom is 0.134 e. The third-order valence-corrected chi connectivity index (χ3v) is 8.21. The molecule has 0 unspecified atom stereocenters. The largest absolute Gasteiger partial charge is 0.489 e. The molecule has 0 amide bonds. The quantitative estimate of drug-likeness (QED) is 0.271. The van der Waals surface area contributed by atoms with Gasteiger partial charge in [-0.2, -0.15) is 5.26 Å². The molecule has 176 valence electrons. The van der Waals surface area contributed by atoms with Crippen LogP contribution in [0.4, 0.5) is 5.00 Å². The fourth-order valence-electron chi connectivity index (χ4n) is 4.91. The summed E-state index contributed by atoms with van der Waals surface area (Å²) in [7, 11) is 0. The van der Waals surface area contributed by atoms with E-state index >= 15 is 0 Å². The van der Waals surface area contributed by atoms with Crippen molar-refractivity contribution in [2.24, 2.45) is 16.3 Å². The van der Waals surface area contributed by atoms with Crippen molar-refractivity contribution in [3.8, 4) is 11.8 Å². The van der Waals surface area contributed by atoms with E-state index in [0.717, 1.165) is 41.1 Å². The molecule has 0 saturated heterocycles. The van der Waals surface area contributed by atoms with Gasteiger partial charge in [-0.05, 0) is 70.2 Å². The average Bonchev–Trinajstić information content (AvgIpc) is 3.22. The summed E-state index contributed by atoms with van der Waals surface area (Å²) in [5.41, 5.74) is 4.39. The van der Waals surface area contributed by atoms with Gasteiger partial charge in [-0.15, -0.1) is 11.3 Å². The molecule has 0 radical (unpaired) electrons. The highest BCUT2D eigenvalue weighted by Gasteiger charge is 2.32. The van der Waals surface area contributed by atoms with E-state index in [1.165, 1.54) is 26.8 Å². The number of rotatable bonds is 5. The molecule has 0 fully saturated rings. The van der Waals surface area contributed by atoms with Gasteiger partial charge in [0.05, 0.1) is 5.56 Å². The van der Waals surface area contributed by atoms with E-state index in [1.54, 1.807) is 11.3 Å². The lowest BCUT2D eigenvalue weighted by Crippen LogP contribution is -2.26. The first-order chi connectivity index (χ1) is 16.9. The van der Waals surface area contributed by atoms with Gasteiger partial charge in [-0.25, -0.2) is 4.99 Å². The molecule has 1 aliphatic rings. The van der Waals surface area contributed by atoms with Gasteiger partial charge in [0.2, 0.25) is 0 Å². The molecule has 3 nitrogen and oxygen atoms in total. The molecule has 3 aromatic carbocycles. The van der Waals surface area contributed by atoms with Crippen molar-refractivity contribution in [3.05, 3.63) is 93.9 Å². The van der Waals surface area contributed by atoms with Crippen LogP contribution in [0, 0.1) is 22.7 Å². The minimum Gasteiger partial charge on any atom is -0.489 e. The second-order valence-electron chi connectivity index (χ2n) is 10.4. The van der Waals surface area contributed by atoms with E-state index in [2.05, 4.69) is 69.3 Å². The molecule has 35 heavy (non-hydrogen) atoms. The number of aliphatic imine (C=N–C) groups is 1. The third-order valence-electron chi connectivity index (χ3n) is 7.05. The number of benzene rings is 3. The van der Waals surface area contributed by atoms with Crippen molar-refractivity contribution in [1.29, 1.82) is 5.26 Å². The molecule has 1 heterocycles. The lowest BCUT2D eigenvalue weighted by molar-refractivity contribution is 0.218. The number of nitrogens with zero attached hydrogens (tertiary/aromatic N) is 2. The summed E-state index contributed by atoms with van der Waals surface area (Å²) >= 11 is 1.69. The highest BCUT2D eigenvalue weighted by molar-refractivity contribution is 7.16. The van der Waals surface area contributed by atoms with E-state index in [1.807, 2.05) is 30.5 Å². The van der Waals surface area contributed by atoms with Crippen molar-refractivity contribution in [3.63, 3.8) is 0 Å². The van der Waals surface area contributed by atoms with Crippen LogP contribution in [0.3, 0.4) is 0 Å². The highest BCUT2D eigenvalue weighted by Crippen LogP contribution is 2.44. The first-order valence-corrected chi connectivity index (χ1v) is 13.0. The lowest BCUT2D eigenvalue weighted by atomic mass is 9.72. The highest BCUT2D eigenvalue weighted by atomic mass is 32.1. The number of nitriles is 1. The number of fused-ring (bicyclic) bond motifs is 2. The number of hydrogen-bond acceptors (Lipinski definition) is 4. The molecular weight excluding hydrogens is 448 g/mol. The Labute approximate surface area is 211 Å². The maximum atomic E-state index is 9.85. The van der Waals surface area contributed by atoms with E-state index in [0.29, 0.717) is 12.5 Å². The topological polar surface area (TPSA) is 45.4 Å². The number of ether oxygens (including phenoxy) is 1. The summed E-state index contributed by atoms with van der Waals surface area (Å²) in [6.45, 7) is 7.45. The minimum atomic E-state index is 0.282. The van der Waals surface area contributed by atoms with Crippen molar-refractivity contribution >= 4 is 33.3 Å². The van der Waals surface area contributed by atoms with E-state index in [-0.39, 0.29) is 5.41 Å². The monoisotopic (exact) mass is 478 g/mol. The Kier molecular flexibility index (Phi) is 6.45. The molecule has 5 rings (SSSR count). The molecule has 1 aromatic heterocycles. The molecule has 0 saturated carbocycles. The average molecular weight is 479 g/mol. The first kappa shape index (κ1) is 23.3. The Morgan fingerprint density at radius 1 is 1.09 bits per heavy atom. The predicted molar refractivity (Wildman–Crippen MR) is 146 cm³/mol. The van der Waals surface area contributed by atoms with Gasteiger partial charge in [-0.1, -0.05) is 75.4 Å². The molecule has 4 heteroatoms. The van der Waals surface area contributed by atoms with Gasteiger partial charge in [-0.3, -0.25) is 0 Å². The molecule has 1 atom stereocenters. The zero-order valence-corrected chi connectivity index (χ0v) is 21.4. The van der Waals surface area contributed by atoms with Crippen molar-refractivity contribution in [1.82, 2.24) is 0 Å². The van der Waals surface area contributed by atoms with Gasteiger partial charge < -0.3 is 4.74 Å². The van der Waals surface area contributed by atoms with E-state index in [4.69, 9.17) is 9.73 Å². The molecule has 0 N–H and O–H groups in total. The lowest BCUT2D eigenvalue weighted by Gasteiger charge is -2.33. The number of hydrogen-bond donors (Lipinski definition) is 0. The molecular formula is C31H30N2OS. The van der Waals surface area contributed by atoms with E-state index < -0.39 is 0 Å². The van der Waals surface area contributed by atoms with Gasteiger partial charge in [0.1, 0.15) is 23.4 Å². The molecule has 0 bridgehead atoms. The Morgan fingerprint density at radius 2 is 1.89 bits per heavy atom. The van der Waals surface area contributed by atoms with Crippen molar-refractivity contribution < 1.29 is 4.74 Å². The Morgan fingerprint density at radius 3 is 2.71 bits per heavy atom. The van der Waals surface area contributed by atoms with Crippen LogP contribution in [-0.2, 0) is 19.4 Å². The smallest absolute Gasteiger partial charge is 0.134 e. The Balaban J connectivity index is 1.33. The summed E-state index contributed by atoms with van der Waals surface area (Å²) in [6, 6.07) is 25.1. The number of thiophene rings is 1. The fourth-order valence-corrected chi connectivity index (χ4v) is 6.14. The summed E-state index contributed by atoms with van der Waals surface area (Å²) in [6.07, 6.45) is 5.01. The molecule has 1 aliphatic carbocycles. The van der Waals surface area contributed by atoms with Crippen molar-refractivity contribution in [2.75, 3.05) is 0 Å². The fraction of sp³-hybridized carbons (Fsp3) is 0.290. The zero-order chi connectivity index (χ0) is 24.4. The summed E-state index contributed by atoms with van der Waals surface area (Å²) in [5.74, 6) is 1.45. The molecule has 0 spiro atoms. The zero-order valence-electron chi connectivity index (χ0n) is 20.5. The Bertz CT molecular complexity index is 1430. The molecule has 0 aliphatic heterocycles. The van der Waals surface area contributed by atoms with Crippen molar-refractivity contribution in [2.45, 2.75) is 46.6 Å². The normalized spacial score (nSPS) is 15.8. The summed E-state index contributed by atoms with van der Waals surface area (Å²) in [4.78, 5) is 6.10. The summed E-state index contributed by atoms with van der Waals surface area (Å²) < 4.78 is 6.14. The van der Waals surface area contributed by atoms with Crippen LogP contribution in [0.25, 0.3) is 10.8 Å². The second-order valence-corrected chi connectivity index (χ2v) is 11.4. The van der Waals surface area contributed by atoms with Crippen LogP contribution in [0.5, 0.6) is 5.75 Å². The van der Waals surface area contributed by atoms with Crippen LogP contribution in [0.15, 0.2) is 71.7 Å². The van der Waals surface area contributed by atoms with Gasteiger partial charge in [0, 0.05) is 11.1 Å². The van der Waals surface area contributed by atoms with Gasteiger partial charge in [0.15, 0.2) is 0 Å². The minimum absolute atomic E-state index is 0.282. The van der Waals surface area contributed by atoms with Crippen LogP contribution in [-0.4, -0.2) is 6.21 Å². The van der Waals surface area contributed by atoms with Crippen LogP contribution < -0.4 is 4.74 Å². The molecule has 4 aromatic rings. The third kappa shape index (κ3) is 5.01. The predicted octanol–water partition coefficient (Wildman–Crippen LogP) is 8.25.